The van der Waals surface area contributed by atoms with E-state index in [1.54, 1.807) is 5.56 Å². The molecule has 5 rings (SSSR count). The van der Waals surface area contributed by atoms with Gasteiger partial charge in [0.2, 0.25) is 12.1 Å². The molecule has 1 aliphatic heterocycles. The molecule has 1 saturated heterocycles. The molecule has 1 aliphatic carbocycles. The maximum atomic E-state index is 5.31. The summed E-state index contributed by atoms with van der Waals surface area (Å²) in [6.45, 7) is 8.98. The Balaban J connectivity index is 1.72. The van der Waals surface area contributed by atoms with Crippen LogP contribution >= 0.6 is 11.3 Å². The van der Waals surface area contributed by atoms with Gasteiger partial charge < -0.3 is 4.90 Å². The molecule has 2 aliphatic rings. The second kappa shape index (κ2) is 8.66. The van der Waals surface area contributed by atoms with Gasteiger partial charge in [-0.25, -0.2) is 9.97 Å². The zero-order valence-corrected chi connectivity index (χ0v) is 19.3. The number of anilines is 2. The first-order valence-electron chi connectivity index (χ1n) is 12.0. The number of H-pyrrole nitrogens is 1. The molecule has 3 aromatic heterocycles. The molecule has 0 spiro atoms. The van der Waals surface area contributed by atoms with Crippen molar-refractivity contribution in [3.8, 4) is 0 Å². The number of nitrogens with one attached hydrogen (secondary N) is 1. The normalized spacial score (nSPS) is 16.9. The third-order valence-electron chi connectivity index (χ3n) is 6.68. The Morgan fingerprint density at radius 2 is 1.73 bits per heavy atom. The second-order valence-electron chi connectivity index (χ2n) is 8.85. The van der Waals surface area contributed by atoms with E-state index in [4.69, 9.17) is 9.97 Å². The van der Waals surface area contributed by atoms with Crippen molar-refractivity contribution in [2.45, 2.75) is 71.6 Å². The van der Waals surface area contributed by atoms with Gasteiger partial charge in [-0.15, -0.1) is 16.3 Å². The Hall–Kier alpha value is -1.95. The second-order valence-corrected chi connectivity index (χ2v) is 9.84. The van der Waals surface area contributed by atoms with Crippen molar-refractivity contribution in [1.82, 2.24) is 9.97 Å². The minimum absolute atomic E-state index is 1.07. The molecule has 0 unspecified atom stereocenters. The van der Waals surface area contributed by atoms with E-state index in [1.165, 1.54) is 77.1 Å². The molecule has 0 atom stereocenters. The van der Waals surface area contributed by atoms with Crippen LogP contribution in [0.2, 0.25) is 0 Å². The number of nitrogens with zero attached hydrogens (tertiary/aromatic N) is 4. The Morgan fingerprint density at radius 1 is 1.00 bits per heavy atom. The van der Waals surface area contributed by atoms with Crippen molar-refractivity contribution in [2.24, 2.45) is 0 Å². The zero-order chi connectivity index (χ0) is 20.5. The predicted octanol–water partition coefficient (Wildman–Crippen LogP) is 5.15. The number of rotatable bonds is 6. The molecule has 4 heterocycles. The fourth-order valence-corrected chi connectivity index (χ4v) is 6.52. The molecule has 0 radical (unpaired) electrons. The summed E-state index contributed by atoms with van der Waals surface area (Å²) in [7, 11) is 0. The summed E-state index contributed by atoms with van der Waals surface area (Å²) < 4.78 is 1.28. The topological polar surface area (TPSA) is 46.4 Å². The van der Waals surface area contributed by atoms with E-state index in [-0.39, 0.29) is 0 Å². The summed E-state index contributed by atoms with van der Waals surface area (Å²) in [5.74, 6) is 2.52. The summed E-state index contributed by atoms with van der Waals surface area (Å²) in [5.41, 5.74) is 4.22. The van der Waals surface area contributed by atoms with Crippen molar-refractivity contribution >= 4 is 43.4 Å². The highest BCUT2D eigenvalue weighted by Crippen LogP contribution is 2.43. The van der Waals surface area contributed by atoms with Gasteiger partial charge >= 0.3 is 0 Å². The van der Waals surface area contributed by atoms with Gasteiger partial charge in [0.15, 0.2) is 5.52 Å². The molecule has 0 amide bonds. The third kappa shape index (κ3) is 3.43. The molecule has 1 N–H and O–H groups in total. The Bertz CT molecular complexity index is 1030. The number of piperidine rings is 1. The molecule has 5 nitrogen and oxygen atoms in total. The van der Waals surface area contributed by atoms with Gasteiger partial charge in [-0.05, 0) is 68.9 Å². The van der Waals surface area contributed by atoms with Gasteiger partial charge in [0.25, 0.3) is 0 Å². The first-order valence-corrected chi connectivity index (χ1v) is 12.8. The average Bonchev–Trinajstić information content (AvgIpc) is 3.18. The minimum atomic E-state index is 1.07. The predicted molar refractivity (Wildman–Crippen MR) is 127 cm³/mol. The summed E-state index contributed by atoms with van der Waals surface area (Å²) in [5, 5.41) is 1.34. The molecule has 30 heavy (non-hydrogen) atoms. The molecular formula is C24H34N5S+. The van der Waals surface area contributed by atoms with E-state index in [1.807, 2.05) is 17.7 Å². The lowest BCUT2D eigenvalue weighted by Crippen LogP contribution is -2.31. The zero-order valence-electron chi connectivity index (χ0n) is 18.5. The van der Waals surface area contributed by atoms with Crippen LogP contribution in [0.4, 0.5) is 11.6 Å². The molecule has 160 valence electrons. The number of aromatic amines is 1. The van der Waals surface area contributed by atoms with Crippen LogP contribution in [-0.4, -0.2) is 36.1 Å². The van der Waals surface area contributed by atoms with Crippen LogP contribution in [0.25, 0.3) is 20.4 Å². The summed E-state index contributed by atoms with van der Waals surface area (Å²) in [4.78, 5) is 19.9. The number of fused-ring (bicyclic) bond motifs is 5. The summed E-state index contributed by atoms with van der Waals surface area (Å²) in [6, 6.07) is 0. The Labute approximate surface area is 183 Å². The monoisotopic (exact) mass is 424 g/mol. The summed E-state index contributed by atoms with van der Waals surface area (Å²) >= 11 is 1.85. The van der Waals surface area contributed by atoms with Gasteiger partial charge in [0, 0.05) is 13.1 Å². The van der Waals surface area contributed by atoms with Gasteiger partial charge in [-0.1, -0.05) is 13.8 Å². The molecular weight excluding hydrogens is 390 g/mol. The number of hydrogen-bond acceptors (Lipinski definition) is 5. The molecule has 0 bridgehead atoms. The quantitative estimate of drug-likeness (QED) is 0.549. The van der Waals surface area contributed by atoms with Crippen LogP contribution in [0.5, 0.6) is 0 Å². The first kappa shape index (κ1) is 20.0. The lowest BCUT2D eigenvalue weighted by Gasteiger charge is -2.31. The maximum absolute atomic E-state index is 5.31. The minimum Gasteiger partial charge on any atom is -0.356 e. The molecule has 1 fully saturated rings. The SMILES string of the molecule is CCCN(CCC)c1[nH+]cnc2c1sc1nc(N3CCCCC3)c3c(c12)CCCC3. The maximum Gasteiger partial charge on any atom is 0.242 e. The lowest BCUT2D eigenvalue weighted by atomic mass is 9.89. The smallest absolute Gasteiger partial charge is 0.242 e. The van der Waals surface area contributed by atoms with E-state index in [0.717, 1.165) is 44.5 Å². The number of thiophene rings is 1. The molecule has 3 aromatic rings. The lowest BCUT2D eigenvalue weighted by molar-refractivity contribution is -0.366. The van der Waals surface area contributed by atoms with Crippen LogP contribution in [0, 0.1) is 0 Å². The van der Waals surface area contributed by atoms with E-state index < -0.39 is 0 Å². The van der Waals surface area contributed by atoms with E-state index >= 15 is 0 Å². The van der Waals surface area contributed by atoms with Crippen LogP contribution < -0.4 is 14.8 Å². The van der Waals surface area contributed by atoms with Crippen LogP contribution in [0.15, 0.2) is 6.33 Å². The largest absolute Gasteiger partial charge is 0.356 e. The first-order chi connectivity index (χ1) is 14.8. The van der Waals surface area contributed by atoms with Crippen molar-refractivity contribution in [2.75, 3.05) is 36.0 Å². The standard InChI is InChI=1S/C24H33N5S/c1-3-12-28(13-4-2)23-21-20(25-16-26-23)19-17-10-6-7-11-18(17)22(27-24(19)30-21)29-14-8-5-9-15-29/h16H,3-15H2,1-2H3/p+1. The highest BCUT2D eigenvalue weighted by molar-refractivity contribution is 7.26. The number of pyridine rings is 1. The van der Waals surface area contributed by atoms with Crippen molar-refractivity contribution in [3.63, 3.8) is 0 Å². The van der Waals surface area contributed by atoms with Crippen LogP contribution in [0.3, 0.4) is 0 Å². The number of hydrogen-bond donors (Lipinski definition) is 0. The van der Waals surface area contributed by atoms with Gasteiger partial charge in [0.05, 0.1) is 18.5 Å². The number of aromatic nitrogens is 3. The molecule has 0 aromatic carbocycles. The van der Waals surface area contributed by atoms with Crippen LogP contribution in [-0.2, 0) is 12.8 Å². The fourth-order valence-electron chi connectivity index (χ4n) is 5.34. The fraction of sp³-hybridized carbons (Fsp3) is 0.625. The van der Waals surface area contributed by atoms with Gasteiger partial charge in [0.1, 0.15) is 15.3 Å². The van der Waals surface area contributed by atoms with E-state index in [0.29, 0.717) is 0 Å². The summed E-state index contributed by atoms with van der Waals surface area (Å²) in [6.07, 6.45) is 13.1. The molecule has 0 saturated carbocycles. The van der Waals surface area contributed by atoms with Gasteiger partial charge in [-0.3, -0.25) is 4.90 Å². The van der Waals surface area contributed by atoms with Gasteiger partial charge in [-0.2, -0.15) is 0 Å². The average molecular weight is 425 g/mol. The number of aryl methyl sites for hydroxylation is 1. The van der Waals surface area contributed by atoms with E-state index in [9.17, 15) is 0 Å². The van der Waals surface area contributed by atoms with E-state index in [2.05, 4.69) is 28.6 Å². The highest BCUT2D eigenvalue weighted by Gasteiger charge is 2.28. The van der Waals surface area contributed by atoms with Crippen molar-refractivity contribution < 1.29 is 4.98 Å². The Kier molecular flexibility index (Phi) is 5.77. The molecule has 6 heteroatoms. The van der Waals surface area contributed by atoms with Crippen molar-refractivity contribution in [3.05, 3.63) is 17.5 Å². The Morgan fingerprint density at radius 3 is 2.47 bits per heavy atom. The third-order valence-corrected chi connectivity index (χ3v) is 7.76. The van der Waals surface area contributed by atoms with Crippen LogP contribution in [0.1, 0.15) is 69.9 Å². The van der Waals surface area contributed by atoms with Crippen molar-refractivity contribution in [1.29, 1.82) is 0 Å². The highest BCUT2D eigenvalue weighted by atomic mass is 32.1.